The maximum absolute atomic E-state index is 12.4. The molecule has 2 aromatic rings. The molecular weight excluding hydrogens is 432 g/mol. The zero-order valence-corrected chi connectivity index (χ0v) is 18.9. The monoisotopic (exact) mass is 460 g/mol. The summed E-state index contributed by atoms with van der Waals surface area (Å²) in [7, 11) is -3.67. The highest BCUT2D eigenvalue weighted by atomic mass is 32.2. The van der Waals surface area contributed by atoms with Crippen LogP contribution in [0.2, 0.25) is 0 Å². The highest BCUT2D eigenvalue weighted by Gasteiger charge is 2.20. The molecule has 0 radical (unpaired) electrons. The van der Waals surface area contributed by atoms with Crippen LogP contribution in [0.25, 0.3) is 0 Å². The number of piperazine rings is 1. The van der Waals surface area contributed by atoms with Crippen molar-refractivity contribution in [1.29, 1.82) is 0 Å². The molecule has 0 bridgehead atoms. The van der Waals surface area contributed by atoms with Gasteiger partial charge in [0, 0.05) is 63.2 Å². The smallest absolute Gasteiger partial charge is 0.271 e. The lowest BCUT2D eigenvalue weighted by molar-refractivity contribution is -0.385. The zero-order chi connectivity index (χ0) is 23.1. The van der Waals surface area contributed by atoms with E-state index in [0.717, 1.165) is 64.1 Å². The van der Waals surface area contributed by atoms with Crippen LogP contribution in [0, 0.1) is 10.1 Å². The highest BCUT2D eigenvalue weighted by molar-refractivity contribution is 7.90. The van der Waals surface area contributed by atoms with Gasteiger partial charge in [-0.2, -0.15) is 0 Å². The van der Waals surface area contributed by atoms with Gasteiger partial charge in [0.1, 0.15) is 0 Å². The first-order valence-corrected chi connectivity index (χ1v) is 12.4. The Morgan fingerprint density at radius 3 is 2.34 bits per heavy atom. The number of benzene rings is 2. The molecule has 9 nitrogen and oxygen atoms in total. The lowest BCUT2D eigenvalue weighted by Crippen LogP contribution is -2.46. The summed E-state index contributed by atoms with van der Waals surface area (Å²) >= 11 is 0. The van der Waals surface area contributed by atoms with Crippen LogP contribution in [-0.4, -0.2) is 74.6 Å². The van der Waals surface area contributed by atoms with Gasteiger partial charge < -0.3 is 10.2 Å². The SMILES string of the molecule is CS(=O)(=O)c1cc(C(=O)NCCCN2CCN(Cc3ccccc3)CC2)cc([N+](=O)[O-])c1. The van der Waals surface area contributed by atoms with Crippen LogP contribution < -0.4 is 5.32 Å². The van der Waals surface area contributed by atoms with Crippen molar-refractivity contribution in [1.82, 2.24) is 15.1 Å². The number of rotatable bonds is 9. The van der Waals surface area contributed by atoms with Gasteiger partial charge in [0.05, 0.1) is 9.82 Å². The summed E-state index contributed by atoms with van der Waals surface area (Å²) in [6, 6.07) is 13.6. The number of nitro benzene ring substituents is 1. The molecule has 32 heavy (non-hydrogen) atoms. The Hall–Kier alpha value is -2.82. The molecule has 0 saturated carbocycles. The first-order chi connectivity index (χ1) is 15.2. The average molecular weight is 461 g/mol. The van der Waals surface area contributed by atoms with Crippen molar-refractivity contribution < 1.29 is 18.1 Å². The molecule has 0 unspecified atom stereocenters. The van der Waals surface area contributed by atoms with Crippen LogP contribution in [0.5, 0.6) is 0 Å². The molecule has 1 aliphatic rings. The van der Waals surface area contributed by atoms with E-state index < -0.39 is 26.4 Å². The van der Waals surface area contributed by atoms with Crippen molar-refractivity contribution >= 4 is 21.4 Å². The van der Waals surface area contributed by atoms with Crippen LogP contribution >= 0.6 is 0 Å². The van der Waals surface area contributed by atoms with Gasteiger partial charge >= 0.3 is 0 Å². The van der Waals surface area contributed by atoms with E-state index in [9.17, 15) is 23.3 Å². The molecule has 0 aromatic heterocycles. The van der Waals surface area contributed by atoms with Crippen molar-refractivity contribution in [3.63, 3.8) is 0 Å². The van der Waals surface area contributed by atoms with Crippen LogP contribution in [0.3, 0.4) is 0 Å². The molecule has 3 rings (SSSR count). The number of hydrogen-bond donors (Lipinski definition) is 1. The third-order valence-electron chi connectivity index (χ3n) is 5.44. The molecule has 10 heteroatoms. The van der Waals surface area contributed by atoms with E-state index in [0.29, 0.717) is 6.54 Å². The Kier molecular flexibility index (Phi) is 7.94. The quantitative estimate of drug-likeness (QED) is 0.346. The second-order valence-electron chi connectivity index (χ2n) is 7.96. The number of nitrogens with one attached hydrogen (secondary N) is 1. The first-order valence-electron chi connectivity index (χ1n) is 10.5. The molecular formula is C22H28N4O5S. The normalized spacial score (nSPS) is 15.4. The number of amides is 1. The summed E-state index contributed by atoms with van der Waals surface area (Å²) in [6.45, 7) is 6.09. The number of nitro groups is 1. The molecule has 172 valence electrons. The predicted molar refractivity (Wildman–Crippen MR) is 121 cm³/mol. The number of non-ortho nitro benzene ring substituents is 1. The van der Waals surface area contributed by atoms with E-state index >= 15 is 0 Å². The maximum Gasteiger partial charge on any atom is 0.271 e. The lowest BCUT2D eigenvalue weighted by atomic mass is 10.2. The Morgan fingerprint density at radius 1 is 1.06 bits per heavy atom. The molecule has 1 saturated heterocycles. The summed E-state index contributed by atoms with van der Waals surface area (Å²) in [5.74, 6) is -0.522. The molecule has 1 aliphatic heterocycles. The zero-order valence-electron chi connectivity index (χ0n) is 18.1. The summed E-state index contributed by atoms with van der Waals surface area (Å²) in [5, 5.41) is 13.8. The van der Waals surface area contributed by atoms with E-state index in [4.69, 9.17) is 0 Å². The Bertz CT molecular complexity index is 1050. The summed E-state index contributed by atoms with van der Waals surface area (Å²) < 4.78 is 23.6. The third-order valence-corrected chi connectivity index (χ3v) is 6.54. The van der Waals surface area contributed by atoms with E-state index in [-0.39, 0.29) is 10.5 Å². The van der Waals surface area contributed by atoms with Gasteiger partial charge in [-0.1, -0.05) is 30.3 Å². The highest BCUT2D eigenvalue weighted by Crippen LogP contribution is 2.21. The van der Waals surface area contributed by atoms with Gasteiger partial charge in [-0.05, 0) is 24.6 Å². The molecule has 1 heterocycles. The van der Waals surface area contributed by atoms with Gasteiger partial charge in [-0.25, -0.2) is 8.42 Å². The maximum atomic E-state index is 12.4. The minimum absolute atomic E-state index is 0.0332. The fraction of sp³-hybridized carbons (Fsp3) is 0.409. The van der Waals surface area contributed by atoms with Crippen molar-refractivity contribution in [2.24, 2.45) is 0 Å². The van der Waals surface area contributed by atoms with Crippen molar-refractivity contribution in [3.05, 3.63) is 69.8 Å². The number of carbonyl (C=O) groups excluding carboxylic acids is 1. The van der Waals surface area contributed by atoms with Crippen molar-refractivity contribution in [2.75, 3.05) is 45.5 Å². The van der Waals surface area contributed by atoms with Crippen LogP contribution in [0.1, 0.15) is 22.3 Å². The van der Waals surface area contributed by atoms with Gasteiger partial charge in [0.2, 0.25) is 0 Å². The number of hydrogen-bond acceptors (Lipinski definition) is 7. The van der Waals surface area contributed by atoms with Crippen LogP contribution in [0.4, 0.5) is 5.69 Å². The Labute approximate surface area is 188 Å². The van der Waals surface area contributed by atoms with E-state index in [2.05, 4.69) is 39.4 Å². The minimum atomic E-state index is -3.67. The first kappa shape index (κ1) is 23.8. The van der Waals surface area contributed by atoms with E-state index in [1.165, 1.54) is 11.6 Å². The van der Waals surface area contributed by atoms with Gasteiger partial charge in [-0.15, -0.1) is 0 Å². The van der Waals surface area contributed by atoms with Gasteiger partial charge in [-0.3, -0.25) is 19.8 Å². The molecule has 1 amide bonds. The molecule has 2 aromatic carbocycles. The predicted octanol–water partition coefficient (Wildman–Crippen LogP) is 1.94. The van der Waals surface area contributed by atoms with Crippen LogP contribution in [0.15, 0.2) is 53.4 Å². The summed E-state index contributed by atoms with van der Waals surface area (Å²) in [4.78, 5) is 27.3. The minimum Gasteiger partial charge on any atom is -0.352 e. The second kappa shape index (κ2) is 10.7. The topological polar surface area (TPSA) is 113 Å². The molecule has 0 aliphatic carbocycles. The van der Waals surface area contributed by atoms with Gasteiger partial charge in [0.25, 0.3) is 11.6 Å². The lowest BCUT2D eigenvalue weighted by Gasteiger charge is -2.34. The molecule has 0 atom stereocenters. The number of carbonyl (C=O) groups is 1. The number of nitrogens with zero attached hydrogens (tertiary/aromatic N) is 3. The Morgan fingerprint density at radius 2 is 1.72 bits per heavy atom. The van der Waals surface area contributed by atoms with Crippen molar-refractivity contribution in [3.8, 4) is 0 Å². The van der Waals surface area contributed by atoms with Crippen molar-refractivity contribution in [2.45, 2.75) is 17.9 Å². The molecule has 1 fully saturated rings. The fourth-order valence-corrected chi connectivity index (χ4v) is 4.33. The van der Waals surface area contributed by atoms with E-state index in [1.54, 1.807) is 0 Å². The summed E-state index contributed by atoms with van der Waals surface area (Å²) in [6.07, 6.45) is 1.69. The standard InChI is InChI=1S/C22H28N4O5S/c1-32(30,31)21-15-19(14-20(16-21)26(28)29)22(27)23-8-5-9-24-10-12-25(13-11-24)17-18-6-3-2-4-7-18/h2-4,6-7,14-16H,5,8-13,17H2,1H3,(H,23,27). The van der Waals surface area contributed by atoms with E-state index in [1.807, 2.05) is 6.07 Å². The second-order valence-corrected chi connectivity index (χ2v) is 9.97. The molecule has 1 N–H and O–H groups in total. The average Bonchev–Trinajstić information content (AvgIpc) is 2.77. The molecule has 0 spiro atoms. The largest absolute Gasteiger partial charge is 0.352 e. The fourth-order valence-electron chi connectivity index (χ4n) is 3.65. The van der Waals surface area contributed by atoms with Gasteiger partial charge in [0.15, 0.2) is 9.84 Å². The Balaban J connectivity index is 1.44. The van der Waals surface area contributed by atoms with Crippen LogP contribution in [-0.2, 0) is 16.4 Å². The number of sulfone groups is 1. The third kappa shape index (κ3) is 6.84. The summed E-state index contributed by atoms with van der Waals surface area (Å²) in [5.41, 5.74) is 0.851.